The van der Waals surface area contributed by atoms with E-state index in [-0.39, 0.29) is 23.0 Å². The summed E-state index contributed by atoms with van der Waals surface area (Å²) in [5.74, 6) is 0. The lowest BCUT2D eigenvalue weighted by Crippen LogP contribution is -2.62. The second-order valence-corrected chi connectivity index (χ2v) is 21.4. The number of anilines is 6. The van der Waals surface area contributed by atoms with Crippen LogP contribution in [-0.2, 0) is 16.2 Å². The molecular formula is C62H59BN2. The molecule has 8 aromatic rings. The van der Waals surface area contributed by atoms with Crippen LogP contribution in [0.2, 0.25) is 0 Å². The van der Waals surface area contributed by atoms with E-state index in [2.05, 4.69) is 242 Å². The van der Waals surface area contributed by atoms with Gasteiger partial charge in [0.15, 0.2) is 0 Å². The maximum Gasteiger partial charge on any atom is 0.252 e. The molecule has 3 aliphatic rings. The third-order valence-electron chi connectivity index (χ3n) is 15.0. The number of hydrogen-bond acceptors (Lipinski definition) is 2. The summed E-state index contributed by atoms with van der Waals surface area (Å²) in [4.78, 5) is 5.27. The number of aryl methyl sites for hydroxylation is 2. The summed E-state index contributed by atoms with van der Waals surface area (Å²) in [5, 5.41) is 0. The lowest BCUT2D eigenvalue weighted by Gasteiger charge is -2.48. The van der Waals surface area contributed by atoms with Crippen LogP contribution in [0.3, 0.4) is 0 Å². The van der Waals surface area contributed by atoms with Gasteiger partial charge in [0.2, 0.25) is 0 Å². The van der Waals surface area contributed by atoms with Crippen molar-refractivity contribution in [3.8, 4) is 33.4 Å². The first-order valence-electron chi connectivity index (χ1n) is 23.7. The molecule has 0 radical (unpaired) electrons. The van der Waals surface area contributed by atoms with Gasteiger partial charge in [0.05, 0.1) is 5.69 Å². The van der Waals surface area contributed by atoms with Gasteiger partial charge in [-0.3, -0.25) is 0 Å². The molecular weight excluding hydrogens is 784 g/mol. The summed E-state index contributed by atoms with van der Waals surface area (Å²) in [6.45, 7) is 21.4. The van der Waals surface area contributed by atoms with Crippen molar-refractivity contribution >= 4 is 57.2 Å². The second kappa shape index (κ2) is 15.0. The molecule has 0 spiro atoms. The molecule has 0 N–H and O–H groups in total. The Morgan fingerprint density at radius 3 is 1.54 bits per heavy atom. The van der Waals surface area contributed by atoms with Crippen LogP contribution < -0.4 is 26.2 Å². The molecule has 0 aromatic heterocycles. The van der Waals surface area contributed by atoms with E-state index >= 15 is 0 Å². The molecule has 1 aliphatic carbocycles. The van der Waals surface area contributed by atoms with E-state index in [0.29, 0.717) is 0 Å². The van der Waals surface area contributed by atoms with Gasteiger partial charge < -0.3 is 9.80 Å². The Balaban J connectivity index is 1.27. The van der Waals surface area contributed by atoms with E-state index < -0.39 is 0 Å². The Morgan fingerprint density at radius 1 is 0.431 bits per heavy atom. The van der Waals surface area contributed by atoms with Crippen LogP contribution in [0, 0.1) is 13.8 Å². The van der Waals surface area contributed by atoms with Gasteiger partial charge in [0.25, 0.3) is 6.71 Å². The monoisotopic (exact) mass is 842 g/mol. The molecule has 8 aromatic carbocycles. The smallest absolute Gasteiger partial charge is 0.252 e. The zero-order valence-electron chi connectivity index (χ0n) is 39.6. The molecule has 0 bridgehead atoms. The number of fused-ring (bicyclic) bond motifs is 5. The third kappa shape index (κ3) is 6.77. The number of hydrogen-bond donors (Lipinski definition) is 0. The fourth-order valence-corrected chi connectivity index (χ4v) is 11.2. The van der Waals surface area contributed by atoms with Crippen LogP contribution in [-0.4, -0.2) is 6.71 Å². The predicted molar refractivity (Wildman–Crippen MR) is 280 cm³/mol. The van der Waals surface area contributed by atoms with Gasteiger partial charge in [-0.1, -0.05) is 176 Å². The zero-order chi connectivity index (χ0) is 45.0. The molecule has 0 fully saturated rings. The maximum absolute atomic E-state index is 2.66. The van der Waals surface area contributed by atoms with Gasteiger partial charge in [-0.15, -0.1) is 0 Å². The van der Waals surface area contributed by atoms with Gasteiger partial charge in [0.1, 0.15) is 0 Å². The van der Waals surface area contributed by atoms with Gasteiger partial charge in [-0.25, -0.2) is 0 Å². The Hall–Kier alpha value is -6.58. The Kier molecular flexibility index (Phi) is 9.49. The fraction of sp³-hybridized carbons (Fsp3) is 0.226. The van der Waals surface area contributed by atoms with Crippen LogP contribution in [0.25, 0.3) is 33.4 Å². The number of nitrogens with zero attached hydrogens (tertiary/aromatic N) is 2. The first kappa shape index (κ1) is 41.2. The summed E-state index contributed by atoms with van der Waals surface area (Å²) < 4.78 is 0. The van der Waals surface area contributed by atoms with Crippen molar-refractivity contribution in [3.63, 3.8) is 0 Å². The molecule has 0 saturated carbocycles. The third-order valence-corrected chi connectivity index (χ3v) is 15.0. The van der Waals surface area contributed by atoms with Crippen molar-refractivity contribution in [3.05, 3.63) is 198 Å². The topological polar surface area (TPSA) is 6.48 Å². The molecule has 2 heterocycles. The maximum atomic E-state index is 2.66. The highest BCUT2D eigenvalue weighted by Crippen LogP contribution is 2.52. The molecule has 11 rings (SSSR count). The summed E-state index contributed by atoms with van der Waals surface area (Å²) >= 11 is 0. The molecule has 65 heavy (non-hydrogen) atoms. The largest absolute Gasteiger partial charge is 0.311 e. The van der Waals surface area contributed by atoms with E-state index in [9.17, 15) is 0 Å². The normalized spacial score (nSPS) is 15.5. The first-order valence-corrected chi connectivity index (χ1v) is 23.7. The highest BCUT2D eigenvalue weighted by atomic mass is 15.2. The van der Waals surface area contributed by atoms with Gasteiger partial charge in [-0.2, -0.15) is 0 Å². The molecule has 0 atom stereocenters. The number of rotatable bonds is 5. The van der Waals surface area contributed by atoms with E-state index in [1.54, 1.807) is 0 Å². The summed E-state index contributed by atoms with van der Waals surface area (Å²) in [6, 6.07) is 64.6. The van der Waals surface area contributed by atoms with Crippen LogP contribution in [0.1, 0.15) is 89.1 Å². The molecule has 3 heteroatoms. The van der Waals surface area contributed by atoms with Crippen molar-refractivity contribution in [2.24, 2.45) is 0 Å². The fourth-order valence-electron chi connectivity index (χ4n) is 11.2. The Bertz CT molecular complexity index is 3160. The van der Waals surface area contributed by atoms with Crippen molar-refractivity contribution < 1.29 is 0 Å². The molecule has 0 saturated heterocycles. The van der Waals surface area contributed by atoms with Gasteiger partial charge in [0, 0.05) is 34.0 Å². The Morgan fingerprint density at radius 2 is 0.938 bits per heavy atom. The van der Waals surface area contributed by atoms with Gasteiger partial charge >= 0.3 is 0 Å². The Labute approximate surface area is 387 Å². The second-order valence-electron chi connectivity index (χ2n) is 21.4. The predicted octanol–water partition coefficient (Wildman–Crippen LogP) is 15.0. The highest BCUT2D eigenvalue weighted by Gasteiger charge is 2.47. The summed E-state index contributed by atoms with van der Waals surface area (Å²) in [7, 11) is 0. The standard InChI is InChI=1S/C62H59BN2/c1-40-33-57-59-58(34-40)65(55-36-46(26-25-41(55)2)43-21-15-11-16-22-43)56-39-50-49(61(6,7)31-32-62(50,8)9)38-52(56)63(59)51-35-45(42-19-13-10-14-20-42)27-29-54(51)64(57)53-30-28-47(60(3,4)5)37-48(53)44-23-17-12-18-24-44/h10-30,33-39H,31-32H2,1-9H3. The lowest BCUT2D eigenvalue weighted by molar-refractivity contribution is 0.332. The SMILES string of the molecule is Cc1cc2c3c(c1)N(c1ccc(C(C)(C)C)cc1-c1ccccc1)c1ccc(-c4ccccc4)cc1B3c1cc3c(cc1N2c1cc(-c2ccccc2)ccc1C)C(C)(C)CCC3(C)C. The van der Waals surface area contributed by atoms with Crippen LogP contribution in [0.15, 0.2) is 170 Å². The number of benzene rings is 8. The van der Waals surface area contributed by atoms with Crippen LogP contribution in [0.5, 0.6) is 0 Å². The summed E-state index contributed by atoms with van der Waals surface area (Å²) in [6.07, 6.45) is 2.32. The van der Waals surface area contributed by atoms with Crippen molar-refractivity contribution in [1.29, 1.82) is 0 Å². The van der Waals surface area contributed by atoms with E-state index in [1.165, 1.54) is 112 Å². The first-order chi connectivity index (χ1) is 31.2. The van der Waals surface area contributed by atoms with Crippen LogP contribution >= 0.6 is 0 Å². The minimum atomic E-state index is -0.0160. The van der Waals surface area contributed by atoms with E-state index in [4.69, 9.17) is 0 Å². The molecule has 0 amide bonds. The minimum absolute atomic E-state index is 0.000429. The molecule has 2 nitrogen and oxygen atoms in total. The average molecular weight is 843 g/mol. The van der Waals surface area contributed by atoms with Gasteiger partial charge in [-0.05, 0) is 157 Å². The highest BCUT2D eigenvalue weighted by molar-refractivity contribution is 7.00. The molecule has 320 valence electrons. The van der Waals surface area contributed by atoms with Crippen molar-refractivity contribution in [2.75, 3.05) is 9.80 Å². The molecule has 0 unspecified atom stereocenters. The minimum Gasteiger partial charge on any atom is -0.311 e. The van der Waals surface area contributed by atoms with Crippen LogP contribution in [0.4, 0.5) is 34.1 Å². The lowest BCUT2D eigenvalue weighted by atomic mass is 9.33. The quantitative estimate of drug-likeness (QED) is 0.159. The van der Waals surface area contributed by atoms with E-state index in [1.807, 2.05) is 0 Å². The van der Waals surface area contributed by atoms with Crippen molar-refractivity contribution in [1.82, 2.24) is 0 Å². The average Bonchev–Trinajstić information content (AvgIpc) is 3.30. The molecule has 2 aliphatic heterocycles. The summed E-state index contributed by atoms with van der Waals surface area (Å²) in [5.41, 5.74) is 25.8. The van der Waals surface area contributed by atoms with Crippen molar-refractivity contribution in [2.45, 2.75) is 91.4 Å². The zero-order valence-corrected chi connectivity index (χ0v) is 39.6. The van der Waals surface area contributed by atoms with E-state index in [0.717, 1.165) is 12.8 Å².